The Morgan fingerprint density at radius 3 is 3.00 bits per heavy atom. The molecule has 0 bridgehead atoms. The molecule has 0 spiro atoms. The summed E-state index contributed by atoms with van der Waals surface area (Å²) in [5.74, 6) is 0.711. The van der Waals surface area contributed by atoms with E-state index in [0.717, 1.165) is 5.56 Å². The summed E-state index contributed by atoms with van der Waals surface area (Å²) in [6.07, 6.45) is 5.06. The summed E-state index contributed by atoms with van der Waals surface area (Å²) in [5.41, 5.74) is 6.16. The molecule has 3 N–H and O–H groups in total. The predicted molar refractivity (Wildman–Crippen MR) is 51.6 cm³/mol. The second-order valence-electron chi connectivity index (χ2n) is 2.47. The van der Waals surface area contributed by atoms with E-state index in [2.05, 4.69) is 15.3 Å². The Hall–Kier alpha value is -1.69. The summed E-state index contributed by atoms with van der Waals surface area (Å²) in [7, 11) is 0. The van der Waals surface area contributed by atoms with E-state index >= 15 is 0 Å². The van der Waals surface area contributed by atoms with Gasteiger partial charge in [0.25, 0.3) is 0 Å². The lowest BCUT2D eigenvalue weighted by molar-refractivity contribution is 0.836. The van der Waals surface area contributed by atoms with Crippen molar-refractivity contribution in [1.29, 1.82) is 0 Å². The lowest BCUT2D eigenvalue weighted by Gasteiger charge is -1.91. The number of hydrogen-bond donors (Lipinski definition) is 2. The molecular formula is C7H7N5S. The van der Waals surface area contributed by atoms with Crippen LogP contribution >= 0.6 is 12.2 Å². The number of aromatic amines is 1. The van der Waals surface area contributed by atoms with Crippen LogP contribution in [0.15, 0.2) is 24.7 Å². The van der Waals surface area contributed by atoms with E-state index in [0.29, 0.717) is 10.8 Å². The van der Waals surface area contributed by atoms with Gasteiger partial charge in [0, 0.05) is 24.0 Å². The summed E-state index contributed by atoms with van der Waals surface area (Å²) in [5, 5.41) is 10.7. The first-order chi connectivity index (χ1) is 6.27. The highest BCUT2D eigenvalue weighted by molar-refractivity contribution is 7.80. The molecule has 0 saturated heterocycles. The third-order valence-electron chi connectivity index (χ3n) is 1.59. The second kappa shape index (κ2) is 2.98. The Balaban J connectivity index is 2.39. The van der Waals surface area contributed by atoms with Crippen molar-refractivity contribution >= 4 is 17.2 Å². The van der Waals surface area contributed by atoms with Gasteiger partial charge < -0.3 is 5.73 Å². The van der Waals surface area contributed by atoms with E-state index in [1.807, 2.05) is 0 Å². The first kappa shape index (κ1) is 7.93. The second-order valence-corrected chi connectivity index (χ2v) is 2.91. The third-order valence-corrected chi connectivity index (χ3v) is 1.82. The van der Waals surface area contributed by atoms with Gasteiger partial charge in [-0.25, -0.2) is 4.68 Å². The van der Waals surface area contributed by atoms with Crippen LogP contribution in [0.4, 0.5) is 0 Å². The molecule has 0 aliphatic carbocycles. The van der Waals surface area contributed by atoms with Crippen LogP contribution in [-0.2, 0) is 0 Å². The van der Waals surface area contributed by atoms with Crippen LogP contribution in [0.1, 0.15) is 5.56 Å². The minimum absolute atomic E-state index is 0.335. The molecule has 0 amide bonds. The van der Waals surface area contributed by atoms with Crippen LogP contribution < -0.4 is 5.73 Å². The third kappa shape index (κ3) is 1.43. The Labute approximate surface area is 79.6 Å². The lowest BCUT2D eigenvalue weighted by Crippen LogP contribution is -2.07. The van der Waals surface area contributed by atoms with Gasteiger partial charge >= 0.3 is 0 Å². The average molecular weight is 193 g/mol. The number of rotatable bonds is 2. The van der Waals surface area contributed by atoms with Crippen molar-refractivity contribution in [2.45, 2.75) is 0 Å². The highest BCUT2D eigenvalue weighted by atomic mass is 32.1. The van der Waals surface area contributed by atoms with E-state index in [9.17, 15) is 0 Å². The zero-order valence-corrected chi connectivity index (χ0v) is 7.45. The number of nitrogens with zero attached hydrogens (tertiary/aromatic N) is 3. The standard InChI is InChI=1S/C7H7N5S/c8-7(13)5-3-10-12(4-5)6-1-2-9-11-6/h1-4H,(H2,8,13)(H,9,11). The molecule has 2 heterocycles. The van der Waals surface area contributed by atoms with E-state index in [4.69, 9.17) is 18.0 Å². The molecule has 0 atom stereocenters. The van der Waals surface area contributed by atoms with E-state index in [-0.39, 0.29) is 0 Å². The first-order valence-corrected chi connectivity index (χ1v) is 4.03. The van der Waals surface area contributed by atoms with Crippen molar-refractivity contribution in [3.05, 3.63) is 30.2 Å². The molecule has 66 valence electrons. The van der Waals surface area contributed by atoms with E-state index in [1.54, 1.807) is 29.3 Å². The van der Waals surface area contributed by atoms with Crippen molar-refractivity contribution in [3.63, 3.8) is 0 Å². The van der Waals surface area contributed by atoms with E-state index < -0.39 is 0 Å². The van der Waals surface area contributed by atoms with E-state index in [1.165, 1.54) is 0 Å². The zero-order valence-electron chi connectivity index (χ0n) is 6.64. The monoisotopic (exact) mass is 193 g/mol. The van der Waals surface area contributed by atoms with Gasteiger partial charge in [0.05, 0.1) is 6.20 Å². The van der Waals surface area contributed by atoms with Crippen LogP contribution in [0.5, 0.6) is 0 Å². The van der Waals surface area contributed by atoms with Gasteiger partial charge in [0.1, 0.15) is 4.99 Å². The molecule has 5 nitrogen and oxygen atoms in total. The van der Waals surface area contributed by atoms with Gasteiger partial charge in [0.15, 0.2) is 5.82 Å². The largest absolute Gasteiger partial charge is 0.389 e. The Morgan fingerprint density at radius 2 is 2.46 bits per heavy atom. The van der Waals surface area contributed by atoms with Gasteiger partial charge in [-0.2, -0.15) is 10.2 Å². The first-order valence-electron chi connectivity index (χ1n) is 3.62. The molecule has 13 heavy (non-hydrogen) atoms. The molecule has 0 aliphatic heterocycles. The minimum atomic E-state index is 0.335. The Kier molecular flexibility index (Phi) is 1.82. The van der Waals surface area contributed by atoms with Crippen molar-refractivity contribution in [1.82, 2.24) is 20.0 Å². The maximum atomic E-state index is 5.43. The van der Waals surface area contributed by atoms with Crippen LogP contribution in [-0.4, -0.2) is 25.0 Å². The van der Waals surface area contributed by atoms with Gasteiger partial charge in [-0.1, -0.05) is 12.2 Å². The number of aromatic nitrogens is 4. The normalized spacial score (nSPS) is 10.2. The van der Waals surface area contributed by atoms with Crippen LogP contribution in [0, 0.1) is 0 Å². The number of hydrogen-bond acceptors (Lipinski definition) is 3. The maximum absolute atomic E-state index is 5.43. The Morgan fingerprint density at radius 1 is 1.62 bits per heavy atom. The molecule has 2 aromatic rings. The highest BCUT2D eigenvalue weighted by Gasteiger charge is 2.03. The number of H-pyrrole nitrogens is 1. The quantitative estimate of drug-likeness (QED) is 0.670. The molecule has 6 heteroatoms. The maximum Gasteiger partial charge on any atom is 0.174 e. The number of nitrogens with one attached hydrogen (secondary N) is 1. The van der Waals surface area contributed by atoms with Crippen molar-refractivity contribution in [2.75, 3.05) is 0 Å². The SMILES string of the molecule is NC(=S)c1cnn(-c2cc[nH]n2)c1. The van der Waals surface area contributed by atoms with Crippen molar-refractivity contribution in [2.24, 2.45) is 5.73 Å². The van der Waals surface area contributed by atoms with Gasteiger partial charge in [-0.15, -0.1) is 0 Å². The van der Waals surface area contributed by atoms with Gasteiger partial charge in [0.2, 0.25) is 0 Å². The molecule has 2 rings (SSSR count). The summed E-state index contributed by atoms with van der Waals surface area (Å²) in [6, 6.07) is 1.80. The highest BCUT2D eigenvalue weighted by Crippen LogP contribution is 2.03. The van der Waals surface area contributed by atoms with Gasteiger partial charge in [-0.3, -0.25) is 5.10 Å². The fourth-order valence-electron chi connectivity index (χ4n) is 0.955. The fourth-order valence-corrected chi connectivity index (χ4v) is 1.06. The number of nitrogens with two attached hydrogens (primary N) is 1. The van der Waals surface area contributed by atoms with Crippen LogP contribution in [0.3, 0.4) is 0 Å². The molecule has 0 radical (unpaired) electrons. The zero-order chi connectivity index (χ0) is 9.26. The summed E-state index contributed by atoms with van der Waals surface area (Å²) in [6.45, 7) is 0. The Bertz CT molecular complexity index is 416. The van der Waals surface area contributed by atoms with Gasteiger partial charge in [-0.05, 0) is 0 Å². The smallest absolute Gasteiger partial charge is 0.174 e. The molecular weight excluding hydrogens is 186 g/mol. The molecule has 0 unspecified atom stereocenters. The molecule has 0 aliphatic rings. The summed E-state index contributed by atoms with van der Waals surface area (Å²) in [4.78, 5) is 0.335. The topological polar surface area (TPSA) is 72.5 Å². The lowest BCUT2D eigenvalue weighted by atomic mass is 10.4. The molecule has 0 saturated carbocycles. The summed E-state index contributed by atoms with van der Waals surface area (Å²) < 4.78 is 1.60. The molecule has 0 aromatic carbocycles. The molecule has 2 aromatic heterocycles. The molecule has 0 fully saturated rings. The number of thiocarbonyl (C=S) groups is 1. The van der Waals surface area contributed by atoms with Crippen LogP contribution in [0.25, 0.3) is 5.82 Å². The van der Waals surface area contributed by atoms with Crippen molar-refractivity contribution < 1.29 is 0 Å². The van der Waals surface area contributed by atoms with Crippen molar-refractivity contribution in [3.8, 4) is 5.82 Å². The van der Waals surface area contributed by atoms with Crippen LogP contribution in [0.2, 0.25) is 0 Å². The fraction of sp³-hybridized carbons (Fsp3) is 0. The summed E-state index contributed by atoms with van der Waals surface area (Å²) >= 11 is 4.80. The predicted octanol–water partition coefficient (Wildman–Crippen LogP) is 0.230. The minimum Gasteiger partial charge on any atom is -0.389 e. The average Bonchev–Trinajstić information content (AvgIpc) is 2.75.